The second-order valence-electron chi connectivity index (χ2n) is 17.9. The summed E-state index contributed by atoms with van der Waals surface area (Å²) in [7, 11) is 0. The number of aryl methyl sites for hydroxylation is 3. The summed E-state index contributed by atoms with van der Waals surface area (Å²) in [6.45, 7) is 15.9. The molecule has 61 heavy (non-hydrogen) atoms. The van der Waals surface area contributed by atoms with Crippen LogP contribution in [0.2, 0.25) is 0 Å². The highest BCUT2D eigenvalue weighted by Crippen LogP contribution is 2.45. The molecular formula is C54H73FO6. The third kappa shape index (κ3) is 13.9. The largest absolute Gasteiger partial charge is 0.493 e. The topological polar surface area (TPSA) is 82.1 Å². The van der Waals surface area contributed by atoms with Crippen LogP contribution in [0.5, 0.6) is 5.75 Å². The van der Waals surface area contributed by atoms with Gasteiger partial charge in [0.1, 0.15) is 11.6 Å². The zero-order valence-corrected chi connectivity index (χ0v) is 37.8. The Morgan fingerprint density at radius 1 is 0.672 bits per heavy atom. The van der Waals surface area contributed by atoms with Crippen LogP contribution >= 0.6 is 0 Å². The summed E-state index contributed by atoms with van der Waals surface area (Å²) in [6.07, 6.45) is 19.6. The first-order valence-electron chi connectivity index (χ1n) is 23.5. The summed E-state index contributed by atoms with van der Waals surface area (Å²) in [5.74, 6) is 2.84. The fourth-order valence-corrected chi connectivity index (χ4v) is 9.72. The number of aliphatic hydroxyl groups is 1. The smallest absolute Gasteiger partial charge is 0.333 e. The molecule has 0 amide bonds. The number of hydrogen-bond acceptors (Lipinski definition) is 6. The highest BCUT2D eigenvalue weighted by Gasteiger charge is 2.31. The maximum atomic E-state index is 16.1. The lowest BCUT2D eigenvalue weighted by Crippen LogP contribution is -2.25. The van der Waals surface area contributed by atoms with Crippen molar-refractivity contribution in [2.45, 2.75) is 149 Å². The van der Waals surface area contributed by atoms with Crippen molar-refractivity contribution in [3.63, 3.8) is 0 Å². The number of ether oxygens (including phenoxy) is 3. The second kappa shape index (κ2) is 24.4. The number of carbonyl (C=O) groups is 2. The predicted molar refractivity (Wildman–Crippen MR) is 246 cm³/mol. The molecular weight excluding hydrogens is 764 g/mol. The Morgan fingerprint density at radius 3 is 1.79 bits per heavy atom. The van der Waals surface area contributed by atoms with Crippen molar-refractivity contribution in [3.05, 3.63) is 101 Å². The Balaban J connectivity index is 1.33. The lowest BCUT2D eigenvalue weighted by molar-refractivity contribution is -0.139. The molecule has 332 valence electrons. The summed E-state index contributed by atoms with van der Waals surface area (Å²) in [5.41, 5.74) is 8.42. The lowest BCUT2D eigenvalue weighted by Gasteiger charge is -2.38. The molecule has 6 nitrogen and oxygen atoms in total. The number of hydrogen-bond donors (Lipinski definition) is 1. The first-order valence-corrected chi connectivity index (χ1v) is 23.5. The number of rotatable bonds is 23. The number of aliphatic hydroxyl groups excluding tert-OH is 1. The van der Waals surface area contributed by atoms with Crippen LogP contribution in [0.3, 0.4) is 0 Å². The van der Waals surface area contributed by atoms with Crippen molar-refractivity contribution in [1.29, 1.82) is 0 Å². The van der Waals surface area contributed by atoms with Crippen LogP contribution in [0, 0.1) is 23.6 Å². The molecule has 7 heteroatoms. The normalized spacial score (nSPS) is 19.0. The van der Waals surface area contributed by atoms with E-state index in [2.05, 4.69) is 57.3 Å². The van der Waals surface area contributed by atoms with E-state index >= 15 is 4.39 Å². The van der Waals surface area contributed by atoms with Crippen molar-refractivity contribution in [2.75, 3.05) is 26.4 Å². The fourth-order valence-electron chi connectivity index (χ4n) is 9.72. The molecule has 0 saturated heterocycles. The number of carbonyl (C=O) groups excluding carboxylic acids is 2. The second-order valence-corrected chi connectivity index (χ2v) is 17.9. The van der Waals surface area contributed by atoms with Gasteiger partial charge >= 0.3 is 11.9 Å². The standard InChI is InChI=1S/C54H73FO6/c1-7-9-10-14-39-17-19-41(20-18-39)42-21-23-43(24-22-42)44-25-28-50(51(55)36-44)45-26-27-49(40(8-2)33-45)48-34-46(15-11-30-60-53(57)37(3)4)52(59-32-13-29-56)47(35-48)16-12-31-61-54(58)38(5)6/h25-28,33-36,39,41-43,56H,3,5,7-24,29-32H2,1-2,4,6H3. The molecule has 0 aliphatic heterocycles. The van der Waals surface area contributed by atoms with Gasteiger partial charge in [-0.3, -0.25) is 0 Å². The first kappa shape index (κ1) is 47.8. The molecule has 0 radical (unpaired) electrons. The van der Waals surface area contributed by atoms with E-state index in [1.54, 1.807) is 19.9 Å². The maximum Gasteiger partial charge on any atom is 0.333 e. The molecule has 0 heterocycles. The number of benzene rings is 3. The van der Waals surface area contributed by atoms with Gasteiger partial charge < -0.3 is 19.3 Å². The SMILES string of the molecule is C=C(C)C(=O)OCCCc1cc(-c2ccc(-c3ccc(C4CCC(C5CCC(CCCCC)CC5)CC4)cc3F)cc2CC)cc(CCCOC(=O)C(=C)C)c1OCCCO. The molecule has 0 atom stereocenters. The molecule has 2 aliphatic carbocycles. The van der Waals surface area contributed by atoms with Gasteiger partial charge in [-0.05, 0) is 165 Å². The minimum Gasteiger partial charge on any atom is -0.493 e. The van der Waals surface area contributed by atoms with E-state index in [-0.39, 0.29) is 25.6 Å². The third-order valence-corrected chi connectivity index (χ3v) is 13.3. The van der Waals surface area contributed by atoms with E-state index in [0.29, 0.717) is 61.3 Å². The zero-order chi connectivity index (χ0) is 43.7. The molecule has 0 spiro atoms. The first-order chi connectivity index (χ1) is 29.5. The van der Waals surface area contributed by atoms with Gasteiger partial charge in [-0.25, -0.2) is 14.0 Å². The van der Waals surface area contributed by atoms with Gasteiger partial charge in [0.25, 0.3) is 0 Å². The van der Waals surface area contributed by atoms with Gasteiger partial charge in [-0.2, -0.15) is 0 Å². The highest BCUT2D eigenvalue weighted by atomic mass is 19.1. The Kier molecular flexibility index (Phi) is 19.1. The van der Waals surface area contributed by atoms with Gasteiger partial charge in [0, 0.05) is 29.7 Å². The van der Waals surface area contributed by atoms with Crippen LogP contribution in [0.15, 0.2) is 72.8 Å². The molecule has 2 aliphatic rings. The van der Waals surface area contributed by atoms with Crippen molar-refractivity contribution in [1.82, 2.24) is 0 Å². The molecule has 3 aromatic carbocycles. The van der Waals surface area contributed by atoms with Crippen LogP contribution in [-0.4, -0.2) is 43.5 Å². The molecule has 3 aromatic rings. The Labute approximate surface area is 366 Å². The number of halogens is 1. The van der Waals surface area contributed by atoms with E-state index in [1.807, 2.05) is 12.1 Å². The van der Waals surface area contributed by atoms with E-state index in [1.165, 1.54) is 64.2 Å². The average molecular weight is 837 g/mol. The minimum absolute atomic E-state index is 0.00701. The number of unbranched alkanes of at least 4 members (excludes halogenated alkanes) is 2. The molecule has 2 saturated carbocycles. The van der Waals surface area contributed by atoms with Crippen molar-refractivity contribution in [2.24, 2.45) is 17.8 Å². The van der Waals surface area contributed by atoms with Gasteiger partial charge in [-0.15, -0.1) is 0 Å². The molecule has 0 bridgehead atoms. The third-order valence-electron chi connectivity index (χ3n) is 13.3. The summed E-state index contributed by atoms with van der Waals surface area (Å²) in [5, 5.41) is 9.53. The van der Waals surface area contributed by atoms with E-state index in [9.17, 15) is 14.7 Å². The minimum atomic E-state index is -0.417. The van der Waals surface area contributed by atoms with Crippen LogP contribution in [0.1, 0.15) is 152 Å². The summed E-state index contributed by atoms with van der Waals surface area (Å²) < 4.78 is 33.3. The maximum absolute atomic E-state index is 16.1. The quantitative estimate of drug-likeness (QED) is 0.0582. The summed E-state index contributed by atoms with van der Waals surface area (Å²) >= 11 is 0. The predicted octanol–water partition coefficient (Wildman–Crippen LogP) is 13.2. The van der Waals surface area contributed by atoms with Gasteiger partial charge in [0.2, 0.25) is 0 Å². The molecule has 5 rings (SSSR count). The van der Waals surface area contributed by atoms with Crippen molar-refractivity contribution < 1.29 is 33.3 Å². The Bertz CT molecular complexity index is 1860. The fraction of sp³-hybridized carbons (Fsp3) is 0.556. The van der Waals surface area contributed by atoms with Crippen LogP contribution in [-0.2, 0) is 38.3 Å². The summed E-state index contributed by atoms with van der Waals surface area (Å²) in [6, 6.07) is 16.5. The Hall–Kier alpha value is -4.23. The molecule has 0 unspecified atom stereocenters. The highest BCUT2D eigenvalue weighted by molar-refractivity contribution is 5.87. The van der Waals surface area contributed by atoms with Gasteiger partial charge in [0.05, 0.1) is 19.8 Å². The van der Waals surface area contributed by atoms with Crippen LogP contribution in [0.4, 0.5) is 4.39 Å². The molecule has 2 fully saturated rings. The van der Waals surface area contributed by atoms with Gasteiger partial charge in [-0.1, -0.05) is 95.9 Å². The average Bonchev–Trinajstić information content (AvgIpc) is 3.27. The number of esters is 2. The zero-order valence-electron chi connectivity index (χ0n) is 37.8. The van der Waals surface area contributed by atoms with E-state index < -0.39 is 11.9 Å². The van der Waals surface area contributed by atoms with Crippen molar-refractivity contribution >= 4 is 11.9 Å². The van der Waals surface area contributed by atoms with Crippen LogP contribution < -0.4 is 4.74 Å². The van der Waals surface area contributed by atoms with Crippen LogP contribution in [0.25, 0.3) is 22.3 Å². The lowest BCUT2D eigenvalue weighted by atomic mass is 9.68. The monoisotopic (exact) mass is 837 g/mol. The molecule has 0 aromatic heterocycles. The molecule has 1 N–H and O–H groups in total. The van der Waals surface area contributed by atoms with E-state index in [4.69, 9.17) is 14.2 Å². The van der Waals surface area contributed by atoms with Crippen molar-refractivity contribution in [3.8, 4) is 28.0 Å². The summed E-state index contributed by atoms with van der Waals surface area (Å²) in [4.78, 5) is 24.2. The van der Waals surface area contributed by atoms with E-state index in [0.717, 1.165) is 81.7 Å². The Morgan fingerprint density at radius 2 is 1.25 bits per heavy atom. The van der Waals surface area contributed by atoms with Gasteiger partial charge in [0.15, 0.2) is 0 Å².